The number of rotatable bonds is 2. The van der Waals surface area contributed by atoms with E-state index in [1.165, 1.54) is 0 Å². The summed E-state index contributed by atoms with van der Waals surface area (Å²) in [5.41, 5.74) is 1.16. The average Bonchev–Trinajstić information content (AvgIpc) is 1.98. The van der Waals surface area contributed by atoms with E-state index in [-0.39, 0.29) is 11.9 Å². The van der Waals surface area contributed by atoms with Crippen LogP contribution < -0.4 is 5.49 Å². The SMILES string of the molecule is Cc1cn(C)c(=N)c(CC(=O)O)n1. The second kappa shape index (κ2) is 3.38. The zero-order chi connectivity index (χ0) is 10.0. The molecule has 0 bridgehead atoms. The first-order chi connectivity index (χ1) is 6.00. The predicted molar refractivity (Wildman–Crippen MR) is 45.1 cm³/mol. The van der Waals surface area contributed by atoms with Crippen LogP contribution in [0, 0.1) is 12.3 Å². The Morgan fingerprint density at radius 2 is 2.38 bits per heavy atom. The van der Waals surface area contributed by atoms with Gasteiger partial charge in [0.1, 0.15) is 5.49 Å². The molecule has 0 atom stereocenters. The lowest BCUT2D eigenvalue weighted by atomic mass is 10.3. The van der Waals surface area contributed by atoms with Gasteiger partial charge in [-0.1, -0.05) is 0 Å². The van der Waals surface area contributed by atoms with Crippen molar-refractivity contribution in [3.63, 3.8) is 0 Å². The number of aliphatic carboxylic acids is 1. The van der Waals surface area contributed by atoms with Crippen LogP contribution >= 0.6 is 0 Å². The van der Waals surface area contributed by atoms with E-state index >= 15 is 0 Å². The fourth-order valence-electron chi connectivity index (χ4n) is 1.11. The van der Waals surface area contributed by atoms with Crippen molar-refractivity contribution in [3.05, 3.63) is 23.1 Å². The fraction of sp³-hybridized carbons (Fsp3) is 0.375. The first kappa shape index (κ1) is 9.44. The van der Waals surface area contributed by atoms with Gasteiger partial charge in [-0.15, -0.1) is 0 Å². The normalized spacial score (nSPS) is 10.0. The molecule has 0 aromatic carbocycles. The van der Waals surface area contributed by atoms with Crippen molar-refractivity contribution >= 4 is 5.97 Å². The van der Waals surface area contributed by atoms with E-state index in [0.29, 0.717) is 5.69 Å². The molecule has 1 aromatic rings. The highest BCUT2D eigenvalue weighted by atomic mass is 16.4. The van der Waals surface area contributed by atoms with Crippen LogP contribution in [0.15, 0.2) is 6.20 Å². The Morgan fingerprint density at radius 1 is 1.77 bits per heavy atom. The van der Waals surface area contributed by atoms with Crippen molar-refractivity contribution < 1.29 is 9.90 Å². The monoisotopic (exact) mass is 181 g/mol. The van der Waals surface area contributed by atoms with E-state index in [9.17, 15) is 4.79 Å². The molecule has 1 heterocycles. The van der Waals surface area contributed by atoms with Crippen LogP contribution in [0.4, 0.5) is 0 Å². The molecule has 0 radical (unpaired) electrons. The van der Waals surface area contributed by atoms with Gasteiger partial charge in [0.25, 0.3) is 0 Å². The number of carboxylic acid groups (broad SMARTS) is 1. The van der Waals surface area contributed by atoms with Crippen molar-refractivity contribution in [2.24, 2.45) is 7.05 Å². The minimum atomic E-state index is -0.966. The number of aryl methyl sites for hydroxylation is 2. The number of carbonyl (C=O) groups is 1. The number of nitrogens with zero attached hydrogens (tertiary/aromatic N) is 2. The summed E-state index contributed by atoms with van der Waals surface area (Å²) in [5.74, 6) is -0.966. The third kappa shape index (κ3) is 2.14. The molecule has 0 aliphatic carbocycles. The highest BCUT2D eigenvalue weighted by molar-refractivity contribution is 5.69. The van der Waals surface area contributed by atoms with Gasteiger partial charge in [0.15, 0.2) is 0 Å². The van der Waals surface area contributed by atoms with Gasteiger partial charge in [-0.05, 0) is 6.92 Å². The zero-order valence-corrected chi connectivity index (χ0v) is 7.53. The number of hydrogen-bond donors (Lipinski definition) is 2. The minimum absolute atomic E-state index is 0.146. The lowest BCUT2D eigenvalue weighted by Gasteiger charge is -2.04. The molecule has 5 heteroatoms. The highest BCUT2D eigenvalue weighted by Gasteiger charge is 2.06. The van der Waals surface area contributed by atoms with E-state index < -0.39 is 5.97 Å². The zero-order valence-electron chi connectivity index (χ0n) is 7.53. The summed E-state index contributed by atoms with van der Waals surface area (Å²) in [6.07, 6.45) is 1.49. The summed E-state index contributed by atoms with van der Waals surface area (Å²) in [7, 11) is 1.70. The summed E-state index contributed by atoms with van der Waals surface area (Å²) in [4.78, 5) is 14.4. The van der Waals surface area contributed by atoms with E-state index in [4.69, 9.17) is 10.5 Å². The smallest absolute Gasteiger partial charge is 0.309 e. The third-order valence-corrected chi connectivity index (χ3v) is 1.64. The standard InChI is InChI=1S/C8H11N3O2/c1-5-4-11(2)8(9)6(10-5)3-7(12)13/h4,9H,3H2,1-2H3,(H,12,13). The number of aromatic nitrogens is 2. The maximum atomic E-state index is 10.4. The molecule has 0 aliphatic rings. The maximum Gasteiger partial charge on any atom is 0.309 e. The van der Waals surface area contributed by atoms with Gasteiger partial charge >= 0.3 is 5.97 Å². The van der Waals surface area contributed by atoms with E-state index in [0.717, 1.165) is 5.69 Å². The molecule has 70 valence electrons. The van der Waals surface area contributed by atoms with E-state index in [2.05, 4.69) is 4.98 Å². The predicted octanol–water partition coefficient (Wildman–Crippen LogP) is -0.165. The number of hydrogen-bond acceptors (Lipinski definition) is 3. The molecular formula is C8H11N3O2. The summed E-state index contributed by atoms with van der Waals surface area (Å²) >= 11 is 0. The van der Waals surface area contributed by atoms with Crippen molar-refractivity contribution in [1.29, 1.82) is 5.41 Å². The maximum absolute atomic E-state index is 10.4. The van der Waals surface area contributed by atoms with Gasteiger partial charge in [-0.2, -0.15) is 0 Å². The summed E-state index contributed by atoms with van der Waals surface area (Å²) in [6, 6.07) is 0. The average molecular weight is 181 g/mol. The molecule has 0 amide bonds. The second-order valence-electron chi connectivity index (χ2n) is 2.86. The van der Waals surface area contributed by atoms with Crippen LogP contribution in [-0.2, 0) is 18.3 Å². The van der Waals surface area contributed by atoms with Crippen LogP contribution in [0.25, 0.3) is 0 Å². The molecular weight excluding hydrogens is 170 g/mol. The topological polar surface area (TPSA) is 79.0 Å². The molecule has 13 heavy (non-hydrogen) atoms. The van der Waals surface area contributed by atoms with Gasteiger partial charge in [-0.25, -0.2) is 0 Å². The first-order valence-corrected chi connectivity index (χ1v) is 3.80. The van der Waals surface area contributed by atoms with Gasteiger partial charge in [0, 0.05) is 13.2 Å². The van der Waals surface area contributed by atoms with Crippen molar-refractivity contribution in [3.8, 4) is 0 Å². The van der Waals surface area contributed by atoms with Crippen LogP contribution in [0.5, 0.6) is 0 Å². The molecule has 0 unspecified atom stereocenters. The molecule has 1 aromatic heterocycles. The lowest BCUT2D eigenvalue weighted by Crippen LogP contribution is -2.25. The fourth-order valence-corrected chi connectivity index (χ4v) is 1.11. The van der Waals surface area contributed by atoms with Crippen LogP contribution in [0.2, 0.25) is 0 Å². The Balaban J connectivity index is 3.21. The van der Waals surface area contributed by atoms with Crippen molar-refractivity contribution in [2.45, 2.75) is 13.3 Å². The highest BCUT2D eigenvalue weighted by Crippen LogP contribution is 1.92. The Labute approximate surface area is 75.2 Å². The Hall–Kier alpha value is -1.65. The number of nitrogens with one attached hydrogen (secondary N) is 1. The number of carboxylic acids is 1. The van der Waals surface area contributed by atoms with E-state index in [1.54, 1.807) is 24.7 Å². The second-order valence-corrected chi connectivity index (χ2v) is 2.86. The Kier molecular flexibility index (Phi) is 2.46. The molecule has 0 saturated carbocycles. The van der Waals surface area contributed by atoms with Crippen LogP contribution in [0.3, 0.4) is 0 Å². The summed E-state index contributed by atoms with van der Waals surface area (Å²) in [6.45, 7) is 1.77. The van der Waals surface area contributed by atoms with Crippen molar-refractivity contribution in [1.82, 2.24) is 9.55 Å². The Bertz CT molecular complexity index is 395. The van der Waals surface area contributed by atoms with Gasteiger partial charge in [0.05, 0.1) is 17.8 Å². The molecule has 0 aliphatic heterocycles. The molecule has 0 spiro atoms. The third-order valence-electron chi connectivity index (χ3n) is 1.64. The van der Waals surface area contributed by atoms with Crippen molar-refractivity contribution in [2.75, 3.05) is 0 Å². The molecule has 2 N–H and O–H groups in total. The molecule has 5 nitrogen and oxygen atoms in total. The van der Waals surface area contributed by atoms with Crippen LogP contribution in [-0.4, -0.2) is 20.6 Å². The van der Waals surface area contributed by atoms with E-state index in [1.807, 2.05) is 0 Å². The summed E-state index contributed by atoms with van der Waals surface area (Å²) in [5, 5.41) is 16.1. The van der Waals surface area contributed by atoms with Gasteiger partial charge < -0.3 is 9.67 Å². The van der Waals surface area contributed by atoms with Crippen LogP contribution in [0.1, 0.15) is 11.4 Å². The summed E-state index contributed by atoms with van der Waals surface area (Å²) < 4.78 is 1.56. The van der Waals surface area contributed by atoms with Gasteiger partial charge in [0.2, 0.25) is 0 Å². The minimum Gasteiger partial charge on any atom is -0.481 e. The molecule has 0 saturated heterocycles. The quantitative estimate of drug-likeness (QED) is 0.665. The lowest BCUT2D eigenvalue weighted by molar-refractivity contribution is -0.136. The van der Waals surface area contributed by atoms with Gasteiger partial charge in [-0.3, -0.25) is 15.2 Å². The largest absolute Gasteiger partial charge is 0.481 e. The molecule has 1 rings (SSSR count). The first-order valence-electron chi connectivity index (χ1n) is 3.80. The molecule has 0 fully saturated rings. The Morgan fingerprint density at radius 3 is 2.92 bits per heavy atom.